The molecule has 0 aliphatic carbocycles. The second-order valence-electron chi connectivity index (χ2n) is 3.69. The number of aromatic nitrogens is 2. The van der Waals surface area contributed by atoms with Gasteiger partial charge in [-0.15, -0.1) is 0 Å². The summed E-state index contributed by atoms with van der Waals surface area (Å²) in [4.78, 5) is 19.3. The molecule has 0 bridgehead atoms. The predicted octanol–water partition coefficient (Wildman–Crippen LogP) is 2.13. The highest BCUT2D eigenvalue weighted by Gasteiger charge is 2.22. The van der Waals surface area contributed by atoms with Gasteiger partial charge < -0.3 is 10.1 Å². The van der Waals surface area contributed by atoms with Gasteiger partial charge in [-0.1, -0.05) is 11.6 Å². The molecule has 0 aliphatic rings. The van der Waals surface area contributed by atoms with Crippen LogP contribution in [0.1, 0.15) is 20.8 Å². The molecule has 0 aromatic carbocycles. The number of esters is 1. The Labute approximate surface area is 106 Å². The van der Waals surface area contributed by atoms with Crippen molar-refractivity contribution in [1.29, 1.82) is 0 Å². The molecule has 1 N–H and O–H groups in total. The number of nitrogens with zero attached hydrogens (tertiary/aromatic N) is 2. The van der Waals surface area contributed by atoms with Crippen molar-refractivity contribution in [1.82, 2.24) is 9.97 Å². The lowest BCUT2D eigenvalue weighted by atomic mass is 10.0. The monoisotopic (exact) mass is 257 g/mol. The molecule has 5 nitrogen and oxygen atoms in total. The molecular formula is C11H16ClN3O2. The summed E-state index contributed by atoms with van der Waals surface area (Å²) in [6, 6.07) is -0.124. The molecule has 1 rings (SSSR count). The minimum atomic E-state index is -0.277. The van der Waals surface area contributed by atoms with Crippen LogP contribution >= 0.6 is 11.6 Å². The van der Waals surface area contributed by atoms with Gasteiger partial charge in [0.2, 0.25) is 0 Å². The van der Waals surface area contributed by atoms with Gasteiger partial charge in [0, 0.05) is 6.04 Å². The number of carbonyl (C=O) groups is 1. The molecule has 0 radical (unpaired) electrons. The zero-order valence-corrected chi connectivity index (χ0v) is 10.9. The van der Waals surface area contributed by atoms with Gasteiger partial charge in [0.05, 0.1) is 18.7 Å². The average molecular weight is 258 g/mol. The van der Waals surface area contributed by atoms with Crippen molar-refractivity contribution in [3.8, 4) is 0 Å². The number of hydrogen-bond donors (Lipinski definition) is 1. The Morgan fingerprint density at radius 2 is 2.29 bits per heavy atom. The van der Waals surface area contributed by atoms with E-state index in [9.17, 15) is 4.79 Å². The number of anilines is 1. The third-order valence-corrected chi connectivity index (χ3v) is 2.72. The summed E-state index contributed by atoms with van der Waals surface area (Å²) < 4.78 is 4.95. The topological polar surface area (TPSA) is 64.1 Å². The average Bonchev–Trinajstić information content (AvgIpc) is 2.31. The molecule has 0 saturated heterocycles. The molecule has 0 amide bonds. The van der Waals surface area contributed by atoms with Crippen molar-refractivity contribution in [3.05, 3.63) is 17.5 Å². The molecule has 0 unspecified atom stereocenters. The van der Waals surface area contributed by atoms with Crippen LogP contribution in [-0.2, 0) is 9.53 Å². The fourth-order valence-electron chi connectivity index (χ4n) is 1.24. The number of ether oxygens (including phenoxy) is 1. The van der Waals surface area contributed by atoms with Crippen molar-refractivity contribution in [3.63, 3.8) is 0 Å². The highest BCUT2D eigenvalue weighted by Crippen LogP contribution is 2.19. The van der Waals surface area contributed by atoms with E-state index in [-0.39, 0.29) is 17.9 Å². The summed E-state index contributed by atoms with van der Waals surface area (Å²) in [6.45, 7) is 5.83. The minimum absolute atomic E-state index is 0.124. The second-order valence-corrected chi connectivity index (χ2v) is 4.10. The highest BCUT2D eigenvalue weighted by atomic mass is 35.5. The third kappa shape index (κ3) is 3.85. The molecule has 1 heterocycles. The predicted molar refractivity (Wildman–Crippen MR) is 65.9 cm³/mol. The van der Waals surface area contributed by atoms with Gasteiger partial charge in [-0.25, -0.2) is 9.97 Å². The number of halogens is 1. The van der Waals surface area contributed by atoms with Gasteiger partial charge in [-0.2, -0.15) is 0 Å². The van der Waals surface area contributed by atoms with Crippen LogP contribution < -0.4 is 5.32 Å². The first-order valence-electron chi connectivity index (χ1n) is 5.45. The van der Waals surface area contributed by atoms with E-state index in [1.165, 1.54) is 12.5 Å². The van der Waals surface area contributed by atoms with Gasteiger partial charge >= 0.3 is 5.97 Å². The second kappa shape index (κ2) is 6.39. The Morgan fingerprint density at radius 3 is 2.88 bits per heavy atom. The first kappa shape index (κ1) is 13.7. The first-order chi connectivity index (χ1) is 8.06. The molecule has 1 aromatic heterocycles. The molecule has 6 heteroatoms. The van der Waals surface area contributed by atoms with Gasteiger partial charge in [0.25, 0.3) is 0 Å². The van der Waals surface area contributed by atoms with E-state index in [0.29, 0.717) is 17.4 Å². The van der Waals surface area contributed by atoms with Crippen LogP contribution in [0, 0.1) is 5.92 Å². The zero-order valence-electron chi connectivity index (χ0n) is 10.1. The molecule has 0 aliphatic heterocycles. The van der Waals surface area contributed by atoms with E-state index in [0.717, 1.165) is 0 Å². The Hall–Kier alpha value is -1.36. The summed E-state index contributed by atoms with van der Waals surface area (Å²) in [5, 5.41) is 3.49. The minimum Gasteiger partial charge on any atom is -0.466 e. The fourth-order valence-corrected chi connectivity index (χ4v) is 1.40. The fraction of sp³-hybridized carbons (Fsp3) is 0.545. The normalized spacial score (nSPS) is 13.9. The molecule has 17 heavy (non-hydrogen) atoms. The van der Waals surface area contributed by atoms with Crippen molar-refractivity contribution in [2.75, 3.05) is 11.9 Å². The van der Waals surface area contributed by atoms with E-state index in [2.05, 4.69) is 15.3 Å². The lowest BCUT2D eigenvalue weighted by Gasteiger charge is -2.20. The number of nitrogens with one attached hydrogen (secondary N) is 1. The molecule has 0 saturated carbocycles. The summed E-state index contributed by atoms with van der Waals surface area (Å²) in [6.07, 6.45) is 2.90. The van der Waals surface area contributed by atoms with Crippen LogP contribution in [0.2, 0.25) is 5.02 Å². The molecule has 2 atom stereocenters. The maximum atomic E-state index is 11.5. The van der Waals surface area contributed by atoms with E-state index >= 15 is 0 Å². The maximum absolute atomic E-state index is 11.5. The van der Waals surface area contributed by atoms with E-state index in [1.807, 2.05) is 6.92 Å². The van der Waals surface area contributed by atoms with Gasteiger partial charge in [0.15, 0.2) is 0 Å². The summed E-state index contributed by atoms with van der Waals surface area (Å²) in [5.41, 5.74) is 0. The maximum Gasteiger partial charge on any atom is 0.310 e. The van der Waals surface area contributed by atoms with Gasteiger partial charge in [-0.3, -0.25) is 4.79 Å². The van der Waals surface area contributed by atoms with Gasteiger partial charge in [0.1, 0.15) is 17.2 Å². The third-order valence-electron chi connectivity index (χ3n) is 2.44. The van der Waals surface area contributed by atoms with Crippen LogP contribution in [0.25, 0.3) is 0 Å². The van der Waals surface area contributed by atoms with Crippen LogP contribution in [0.4, 0.5) is 5.82 Å². The van der Waals surface area contributed by atoms with Crippen LogP contribution in [0.3, 0.4) is 0 Å². The quantitative estimate of drug-likeness (QED) is 0.819. The number of rotatable bonds is 5. The van der Waals surface area contributed by atoms with E-state index < -0.39 is 0 Å². The Bertz CT molecular complexity index is 387. The molecule has 1 aromatic rings. The summed E-state index contributed by atoms with van der Waals surface area (Å²) >= 11 is 5.91. The first-order valence-corrected chi connectivity index (χ1v) is 5.82. The van der Waals surface area contributed by atoms with Crippen molar-refractivity contribution < 1.29 is 9.53 Å². The standard InChI is InChI=1S/C11H16ClN3O2/c1-4-17-11(16)7(2)8(3)15-10-9(12)5-13-6-14-10/h5-8H,4H2,1-3H3,(H,13,14,15)/t7-,8-/m1/s1. The molecule has 0 spiro atoms. The van der Waals surface area contributed by atoms with Crippen LogP contribution in [0.5, 0.6) is 0 Å². The number of carbonyl (C=O) groups excluding carboxylic acids is 1. The van der Waals surface area contributed by atoms with Crippen molar-refractivity contribution in [2.24, 2.45) is 5.92 Å². The van der Waals surface area contributed by atoms with E-state index in [1.54, 1.807) is 13.8 Å². The lowest BCUT2D eigenvalue weighted by Crippen LogP contribution is -2.31. The molecular weight excluding hydrogens is 242 g/mol. The summed E-state index contributed by atoms with van der Waals surface area (Å²) in [7, 11) is 0. The van der Waals surface area contributed by atoms with Crippen LogP contribution in [0.15, 0.2) is 12.5 Å². The van der Waals surface area contributed by atoms with Crippen molar-refractivity contribution >= 4 is 23.4 Å². The van der Waals surface area contributed by atoms with E-state index in [4.69, 9.17) is 16.3 Å². The Morgan fingerprint density at radius 1 is 1.59 bits per heavy atom. The molecule has 0 fully saturated rings. The van der Waals surface area contributed by atoms with Gasteiger partial charge in [-0.05, 0) is 20.8 Å². The van der Waals surface area contributed by atoms with Crippen LogP contribution in [-0.4, -0.2) is 28.6 Å². The highest BCUT2D eigenvalue weighted by molar-refractivity contribution is 6.32. The summed E-state index contributed by atoms with van der Waals surface area (Å²) in [5.74, 6) is 0.00368. The number of hydrogen-bond acceptors (Lipinski definition) is 5. The zero-order chi connectivity index (χ0) is 12.8. The Balaban J connectivity index is 2.63. The smallest absolute Gasteiger partial charge is 0.310 e. The lowest BCUT2D eigenvalue weighted by molar-refractivity contribution is -0.147. The SMILES string of the molecule is CCOC(=O)[C@H](C)[C@@H](C)Nc1ncncc1Cl. The van der Waals surface area contributed by atoms with Crippen molar-refractivity contribution in [2.45, 2.75) is 26.8 Å². The molecule has 94 valence electrons. The Kier molecular flexibility index (Phi) is 5.15. The largest absolute Gasteiger partial charge is 0.466 e.